The van der Waals surface area contributed by atoms with Crippen LogP contribution >= 0.6 is 0 Å². The summed E-state index contributed by atoms with van der Waals surface area (Å²) in [5.74, 6) is -5.10. The van der Waals surface area contributed by atoms with Crippen molar-refractivity contribution in [2.75, 3.05) is 7.11 Å². The number of benzene rings is 2. The molecular formula is C51H72N4O12. The minimum Gasteiger partial charge on any atom is -0.465 e. The number of ketones is 1. The summed E-state index contributed by atoms with van der Waals surface area (Å²) in [5.41, 5.74) is -1.35. The summed E-state index contributed by atoms with van der Waals surface area (Å²) in [4.78, 5) is 96.5. The Kier molecular flexibility index (Phi) is 18.9. The Balaban J connectivity index is 2.31. The van der Waals surface area contributed by atoms with E-state index >= 15 is 0 Å². The fourth-order valence-electron chi connectivity index (χ4n) is 7.14. The third-order valence-corrected chi connectivity index (χ3v) is 10.4. The van der Waals surface area contributed by atoms with E-state index in [0.29, 0.717) is 17.4 Å². The molecule has 1 unspecified atom stereocenters. The number of hydrogen-bond acceptors (Lipinski definition) is 12. The molecule has 3 N–H and O–H groups in total. The fourth-order valence-corrected chi connectivity index (χ4v) is 7.14. The highest BCUT2D eigenvalue weighted by Crippen LogP contribution is 2.34. The maximum atomic E-state index is 14.7. The highest BCUT2D eigenvalue weighted by molar-refractivity contribution is 6.23. The number of alkyl carbamates (subject to hydrolysis) is 2. The zero-order valence-electron chi connectivity index (χ0n) is 42.1. The second kappa shape index (κ2) is 23.0. The number of Topliss-reactive ketones (excluding diaryl/α,β-unsaturated/α-hetero) is 1. The highest BCUT2D eigenvalue weighted by atomic mass is 16.6. The molecule has 0 spiro atoms. The van der Waals surface area contributed by atoms with Crippen molar-refractivity contribution in [3.05, 3.63) is 77.0 Å². The number of esters is 2. The van der Waals surface area contributed by atoms with Crippen LogP contribution in [0.4, 0.5) is 14.4 Å². The molecule has 1 aromatic heterocycles. The van der Waals surface area contributed by atoms with Gasteiger partial charge < -0.3 is 39.6 Å². The van der Waals surface area contributed by atoms with Gasteiger partial charge in [0.25, 0.3) is 0 Å². The first-order valence-electron chi connectivity index (χ1n) is 22.7. The molecule has 67 heavy (non-hydrogen) atoms. The van der Waals surface area contributed by atoms with Crippen molar-refractivity contribution in [3.63, 3.8) is 0 Å². The van der Waals surface area contributed by atoms with Crippen molar-refractivity contribution in [2.24, 2.45) is 17.8 Å². The van der Waals surface area contributed by atoms with E-state index in [1.807, 2.05) is 33.8 Å². The lowest BCUT2D eigenvalue weighted by molar-refractivity contribution is -0.160. The van der Waals surface area contributed by atoms with Crippen LogP contribution in [0.15, 0.2) is 60.3 Å². The monoisotopic (exact) mass is 933 g/mol. The minimum absolute atomic E-state index is 0.0858. The van der Waals surface area contributed by atoms with E-state index in [2.05, 4.69) is 16.0 Å². The normalized spacial score (nSPS) is 14.6. The molecule has 16 nitrogen and oxygen atoms in total. The minimum atomic E-state index is -1.34. The van der Waals surface area contributed by atoms with Gasteiger partial charge in [-0.2, -0.15) is 0 Å². The van der Waals surface area contributed by atoms with Gasteiger partial charge in [0.05, 0.1) is 18.7 Å². The standard InChI is InChI=1S/C51H72N4O12/c1-17-31(6)40(45(59)65-49(7,8)9)52-43(57)41(54-46(60)64-28-32-21-19-18-20-22-32)38(29(2)3)33-23-24-35-34(27-55(37(35)26-33)48(62)67-51(13,14)15)25-36(44(58)63-16)42(56)39(30(4)5)53-47(61)66-50(10,11)12/h18-27,29-31,38-41H,17,28H2,1-16H3,(H,52,57)(H,53,61)(H,54,60)/b36-25+/t31?,38-,39+,40+,41+/m1/s1. The van der Waals surface area contributed by atoms with Gasteiger partial charge in [-0.25, -0.2) is 24.0 Å². The van der Waals surface area contributed by atoms with Gasteiger partial charge in [-0.3, -0.25) is 14.2 Å². The van der Waals surface area contributed by atoms with Gasteiger partial charge in [0.1, 0.15) is 41.1 Å². The lowest BCUT2D eigenvalue weighted by atomic mass is 9.81. The summed E-state index contributed by atoms with van der Waals surface area (Å²) in [5, 5.41) is 8.64. The van der Waals surface area contributed by atoms with Crippen molar-refractivity contribution < 1.29 is 57.2 Å². The lowest BCUT2D eigenvalue weighted by Crippen LogP contribution is -2.56. The van der Waals surface area contributed by atoms with Gasteiger partial charge in [0.15, 0.2) is 5.78 Å². The third kappa shape index (κ3) is 16.3. The van der Waals surface area contributed by atoms with Gasteiger partial charge in [0.2, 0.25) is 5.91 Å². The maximum absolute atomic E-state index is 14.7. The first kappa shape index (κ1) is 55.1. The van der Waals surface area contributed by atoms with Crippen molar-refractivity contribution in [3.8, 4) is 0 Å². The summed E-state index contributed by atoms with van der Waals surface area (Å²) in [6.45, 7) is 26.0. The molecule has 0 bridgehead atoms. The number of rotatable bonds is 17. The zero-order valence-corrected chi connectivity index (χ0v) is 42.1. The van der Waals surface area contributed by atoms with Gasteiger partial charge in [-0.1, -0.05) is 90.4 Å². The quantitative estimate of drug-likeness (QED) is 0.0381. The first-order chi connectivity index (χ1) is 31.0. The van der Waals surface area contributed by atoms with Crippen LogP contribution in [0.1, 0.15) is 133 Å². The average Bonchev–Trinajstić information content (AvgIpc) is 3.57. The molecule has 3 amide bonds. The van der Waals surface area contributed by atoms with Gasteiger partial charge >= 0.3 is 30.2 Å². The topological polar surface area (TPSA) is 207 Å². The molecule has 0 saturated heterocycles. The summed E-state index contributed by atoms with van der Waals surface area (Å²) in [6.07, 6.45) is 0.678. The molecule has 0 radical (unpaired) electrons. The molecule has 2 aromatic carbocycles. The van der Waals surface area contributed by atoms with Gasteiger partial charge in [-0.15, -0.1) is 0 Å². The van der Waals surface area contributed by atoms with E-state index in [1.165, 1.54) is 16.8 Å². The molecule has 368 valence electrons. The van der Waals surface area contributed by atoms with Gasteiger partial charge in [-0.05, 0) is 103 Å². The van der Waals surface area contributed by atoms with E-state index in [1.54, 1.807) is 119 Å². The van der Waals surface area contributed by atoms with Crippen molar-refractivity contribution in [1.82, 2.24) is 20.5 Å². The summed E-state index contributed by atoms with van der Waals surface area (Å²) < 4.78 is 28.8. The second-order valence-electron chi connectivity index (χ2n) is 20.4. The number of amides is 3. The molecule has 3 aromatic rings. The molecule has 5 atom stereocenters. The van der Waals surface area contributed by atoms with E-state index in [4.69, 9.17) is 23.7 Å². The van der Waals surface area contributed by atoms with Crippen LogP contribution in [0, 0.1) is 17.8 Å². The molecule has 1 heterocycles. The van der Waals surface area contributed by atoms with Crippen LogP contribution in [0.5, 0.6) is 0 Å². The van der Waals surface area contributed by atoms with E-state index < -0.39 is 94.2 Å². The molecule has 0 aliphatic carbocycles. The number of carbonyl (C=O) groups excluding carboxylic acids is 7. The summed E-state index contributed by atoms with van der Waals surface area (Å²) in [7, 11) is 1.12. The van der Waals surface area contributed by atoms with Gasteiger partial charge in [0, 0.05) is 23.1 Å². The number of methoxy groups -OCH3 is 1. The second-order valence-corrected chi connectivity index (χ2v) is 20.4. The van der Waals surface area contributed by atoms with Crippen molar-refractivity contribution >= 4 is 58.9 Å². The molecular weight excluding hydrogens is 861 g/mol. The Labute approximate surface area is 395 Å². The van der Waals surface area contributed by atoms with E-state index in [9.17, 15) is 33.6 Å². The Morgan fingerprint density at radius 3 is 1.79 bits per heavy atom. The maximum Gasteiger partial charge on any atom is 0.419 e. The molecule has 0 saturated carbocycles. The lowest BCUT2D eigenvalue weighted by Gasteiger charge is -2.33. The molecule has 0 aliphatic heterocycles. The number of fused-ring (bicyclic) bond motifs is 1. The number of ether oxygens (including phenoxy) is 5. The summed E-state index contributed by atoms with van der Waals surface area (Å²) in [6, 6.07) is 10.4. The van der Waals surface area contributed by atoms with Crippen LogP contribution < -0.4 is 16.0 Å². The Morgan fingerprint density at radius 2 is 1.27 bits per heavy atom. The number of nitrogens with zero attached hydrogens (tertiary/aromatic N) is 1. The predicted molar refractivity (Wildman–Crippen MR) is 255 cm³/mol. The van der Waals surface area contributed by atoms with Crippen molar-refractivity contribution in [2.45, 2.75) is 158 Å². The van der Waals surface area contributed by atoms with E-state index in [-0.39, 0.29) is 29.5 Å². The Bertz CT molecular complexity index is 2280. The SMILES string of the molecule is CCC(C)[C@H](NC(=O)[C@@H](NC(=O)OCc1ccccc1)[C@@H](c1ccc2c(/C=C(/C(=O)OC)C(=O)[C@@H](NC(=O)OC(C)(C)C)C(C)C)cn(C(=O)OC(C)(C)C)c2c1)C(C)C)C(=O)OC(C)(C)C. The van der Waals surface area contributed by atoms with Crippen LogP contribution in [-0.4, -0.2) is 88.5 Å². The first-order valence-corrected chi connectivity index (χ1v) is 22.7. The molecule has 0 fully saturated rings. The fraction of sp³-hybridized carbons (Fsp3) is 0.549. The average molecular weight is 933 g/mol. The number of hydrogen-bond donors (Lipinski definition) is 3. The Hall–Kier alpha value is -6.19. The Morgan fingerprint density at radius 1 is 0.687 bits per heavy atom. The molecule has 16 heteroatoms. The van der Waals surface area contributed by atoms with Crippen LogP contribution in [0.25, 0.3) is 17.0 Å². The highest BCUT2D eigenvalue weighted by Gasteiger charge is 2.39. The van der Waals surface area contributed by atoms with Crippen LogP contribution in [0.2, 0.25) is 0 Å². The molecule has 3 rings (SSSR count). The van der Waals surface area contributed by atoms with E-state index in [0.717, 1.165) is 12.7 Å². The zero-order chi connectivity index (χ0) is 50.8. The third-order valence-electron chi connectivity index (χ3n) is 10.4. The van der Waals surface area contributed by atoms with Crippen molar-refractivity contribution in [1.29, 1.82) is 0 Å². The number of aromatic nitrogens is 1. The number of carbonyl (C=O) groups is 7. The summed E-state index contributed by atoms with van der Waals surface area (Å²) >= 11 is 0. The van der Waals surface area contributed by atoms with Crippen LogP contribution in [-0.2, 0) is 49.5 Å². The largest absolute Gasteiger partial charge is 0.465 e. The molecule has 0 aliphatic rings. The number of nitrogens with one attached hydrogen (secondary N) is 3. The van der Waals surface area contributed by atoms with Crippen LogP contribution in [0.3, 0.4) is 0 Å². The smallest absolute Gasteiger partial charge is 0.419 e. The predicted octanol–water partition coefficient (Wildman–Crippen LogP) is 9.01.